The van der Waals surface area contributed by atoms with E-state index >= 15 is 0 Å². The molecule has 2 aromatic heterocycles. The molecule has 0 spiro atoms. The Bertz CT molecular complexity index is 640. The Morgan fingerprint density at radius 1 is 1.43 bits per heavy atom. The van der Waals surface area contributed by atoms with Gasteiger partial charge in [0.25, 0.3) is 0 Å². The third kappa shape index (κ3) is 2.49. The number of morpholine rings is 1. The average Bonchev–Trinajstić information content (AvgIpc) is 3.12. The molecule has 0 saturated carbocycles. The summed E-state index contributed by atoms with van der Waals surface area (Å²) in [5.74, 6) is 0.981. The molecule has 2 unspecified atom stereocenters. The van der Waals surface area contributed by atoms with Gasteiger partial charge in [-0.25, -0.2) is 4.98 Å². The number of aryl methyl sites for hydroxylation is 1. The number of fused-ring (bicyclic) bond motifs is 2. The van der Waals surface area contributed by atoms with Crippen molar-refractivity contribution in [3.05, 3.63) is 24.0 Å². The predicted molar refractivity (Wildman–Crippen MR) is 80.5 cm³/mol. The molecule has 4 rings (SSSR count). The van der Waals surface area contributed by atoms with Gasteiger partial charge in [0.2, 0.25) is 0 Å². The summed E-state index contributed by atoms with van der Waals surface area (Å²) in [6, 6.07) is 4.79. The molecular weight excluding hydrogens is 266 g/mol. The van der Waals surface area contributed by atoms with Gasteiger partial charge in [0.15, 0.2) is 5.65 Å². The number of hydrogen-bond acceptors (Lipinski definition) is 5. The van der Waals surface area contributed by atoms with Gasteiger partial charge in [0.1, 0.15) is 12.1 Å². The molecule has 2 aromatic rings. The zero-order valence-corrected chi connectivity index (χ0v) is 12.3. The van der Waals surface area contributed by atoms with Crippen LogP contribution >= 0.6 is 0 Å². The number of nitrogens with one attached hydrogen (secondary N) is 1. The largest absolute Gasteiger partial charge is 0.373 e. The third-order valence-electron chi connectivity index (χ3n) is 4.50. The molecule has 2 atom stereocenters. The number of ether oxygens (including phenoxy) is 1. The quantitative estimate of drug-likeness (QED) is 0.922. The Hall–Kier alpha value is -1.66. The molecule has 112 valence electrons. The highest BCUT2D eigenvalue weighted by Crippen LogP contribution is 2.23. The van der Waals surface area contributed by atoms with Crippen molar-refractivity contribution in [2.75, 3.05) is 31.6 Å². The van der Waals surface area contributed by atoms with E-state index in [0.29, 0.717) is 6.04 Å². The molecule has 2 fully saturated rings. The summed E-state index contributed by atoms with van der Waals surface area (Å²) in [4.78, 5) is 6.82. The minimum atomic E-state index is 0.249. The Morgan fingerprint density at radius 2 is 2.38 bits per heavy atom. The number of hydrogen-bond donors (Lipinski definition) is 1. The molecule has 1 N–H and O–H groups in total. The van der Waals surface area contributed by atoms with Crippen LogP contribution in [0.3, 0.4) is 0 Å². The first-order valence-corrected chi connectivity index (χ1v) is 7.69. The maximum Gasteiger partial charge on any atom is 0.157 e. The van der Waals surface area contributed by atoms with Crippen molar-refractivity contribution < 1.29 is 4.74 Å². The van der Waals surface area contributed by atoms with E-state index in [9.17, 15) is 0 Å². The number of rotatable bonds is 3. The van der Waals surface area contributed by atoms with Gasteiger partial charge in [-0.1, -0.05) is 0 Å². The SMILES string of the molecule is Cc1cc(NCC2CN3CCCC3CO2)n2ncnc2c1. The van der Waals surface area contributed by atoms with E-state index in [2.05, 4.69) is 33.3 Å². The second kappa shape index (κ2) is 5.27. The molecule has 0 bridgehead atoms. The van der Waals surface area contributed by atoms with Crippen molar-refractivity contribution in [2.24, 2.45) is 0 Å². The van der Waals surface area contributed by atoms with E-state index in [1.807, 2.05) is 10.6 Å². The van der Waals surface area contributed by atoms with E-state index in [1.54, 1.807) is 6.33 Å². The highest BCUT2D eigenvalue weighted by Gasteiger charge is 2.32. The molecular formula is C15H21N5O. The van der Waals surface area contributed by atoms with Crippen molar-refractivity contribution in [2.45, 2.75) is 31.9 Å². The van der Waals surface area contributed by atoms with E-state index < -0.39 is 0 Å². The molecule has 2 saturated heterocycles. The Morgan fingerprint density at radius 3 is 3.33 bits per heavy atom. The lowest BCUT2D eigenvalue weighted by atomic mass is 10.2. The van der Waals surface area contributed by atoms with Crippen molar-refractivity contribution in [3.63, 3.8) is 0 Å². The number of pyridine rings is 1. The smallest absolute Gasteiger partial charge is 0.157 e. The maximum atomic E-state index is 5.99. The van der Waals surface area contributed by atoms with Crippen molar-refractivity contribution >= 4 is 11.5 Å². The Labute approximate surface area is 124 Å². The van der Waals surface area contributed by atoms with Crippen molar-refractivity contribution in [3.8, 4) is 0 Å². The van der Waals surface area contributed by atoms with Gasteiger partial charge in [-0.15, -0.1) is 0 Å². The first-order valence-electron chi connectivity index (χ1n) is 7.69. The topological polar surface area (TPSA) is 54.7 Å². The molecule has 0 aromatic carbocycles. The minimum absolute atomic E-state index is 0.249. The van der Waals surface area contributed by atoms with Crippen LogP contribution in [-0.2, 0) is 4.74 Å². The van der Waals surface area contributed by atoms with E-state index in [4.69, 9.17) is 4.74 Å². The minimum Gasteiger partial charge on any atom is -0.373 e. The average molecular weight is 287 g/mol. The number of aromatic nitrogens is 3. The van der Waals surface area contributed by atoms with Crippen LogP contribution in [0.4, 0.5) is 5.82 Å². The summed E-state index contributed by atoms with van der Waals surface area (Å²) < 4.78 is 7.83. The van der Waals surface area contributed by atoms with Crippen LogP contribution in [0.25, 0.3) is 5.65 Å². The summed E-state index contributed by atoms with van der Waals surface area (Å²) >= 11 is 0. The van der Waals surface area contributed by atoms with Crippen LogP contribution in [-0.4, -0.2) is 57.9 Å². The highest BCUT2D eigenvalue weighted by atomic mass is 16.5. The van der Waals surface area contributed by atoms with Crippen LogP contribution in [0.2, 0.25) is 0 Å². The summed E-state index contributed by atoms with van der Waals surface area (Å²) in [6.07, 6.45) is 4.44. The third-order valence-corrected chi connectivity index (χ3v) is 4.50. The fraction of sp³-hybridized carbons (Fsp3) is 0.600. The Balaban J connectivity index is 1.45. The molecule has 21 heavy (non-hydrogen) atoms. The lowest BCUT2D eigenvalue weighted by Crippen LogP contribution is -2.48. The summed E-state index contributed by atoms with van der Waals surface area (Å²) in [6.45, 7) is 6.01. The standard InChI is InChI=1S/C15H21N5O/c1-11-5-14(20-15(6-11)17-10-18-20)16-7-13-8-19-4-2-3-12(19)9-21-13/h5-6,10,12-13,16H,2-4,7-9H2,1H3. The maximum absolute atomic E-state index is 5.99. The van der Waals surface area contributed by atoms with Crippen LogP contribution in [0, 0.1) is 6.92 Å². The van der Waals surface area contributed by atoms with Gasteiger partial charge in [0, 0.05) is 19.1 Å². The fourth-order valence-electron chi connectivity index (χ4n) is 3.41. The molecule has 6 heteroatoms. The first kappa shape index (κ1) is 13.0. The zero-order chi connectivity index (χ0) is 14.2. The summed E-state index contributed by atoms with van der Waals surface area (Å²) in [7, 11) is 0. The first-order chi connectivity index (χ1) is 10.3. The molecule has 2 aliphatic heterocycles. The lowest BCUT2D eigenvalue weighted by Gasteiger charge is -2.35. The van der Waals surface area contributed by atoms with E-state index in [-0.39, 0.29) is 6.10 Å². The van der Waals surface area contributed by atoms with Gasteiger partial charge in [0.05, 0.1) is 12.7 Å². The predicted octanol–water partition coefficient (Wildman–Crippen LogP) is 1.31. The number of anilines is 1. The van der Waals surface area contributed by atoms with Gasteiger partial charge in [-0.3, -0.25) is 4.90 Å². The van der Waals surface area contributed by atoms with E-state index in [0.717, 1.165) is 31.2 Å². The fourth-order valence-corrected chi connectivity index (χ4v) is 3.41. The summed E-state index contributed by atoms with van der Waals surface area (Å²) in [5.41, 5.74) is 2.06. The van der Waals surface area contributed by atoms with Crippen LogP contribution in [0.1, 0.15) is 18.4 Å². The molecule has 0 amide bonds. The van der Waals surface area contributed by atoms with Crippen LogP contribution < -0.4 is 5.32 Å². The van der Waals surface area contributed by atoms with Crippen LogP contribution in [0.5, 0.6) is 0 Å². The molecule has 6 nitrogen and oxygen atoms in total. The molecule has 0 radical (unpaired) electrons. The van der Waals surface area contributed by atoms with Crippen LogP contribution in [0.15, 0.2) is 18.5 Å². The van der Waals surface area contributed by atoms with Crippen molar-refractivity contribution in [1.82, 2.24) is 19.5 Å². The summed E-state index contributed by atoms with van der Waals surface area (Å²) in [5, 5.41) is 7.74. The number of nitrogens with zero attached hydrogens (tertiary/aromatic N) is 4. The van der Waals surface area contributed by atoms with Gasteiger partial charge in [-0.05, 0) is 44.0 Å². The van der Waals surface area contributed by atoms with Gasteiger partial charge in [-0.2, -0.15) is 9.61 Å². The zero-order valence-electron chi connectivity index (χ0n) is 12.3. The molecule has 0 aliphatic carbocycles. The van der Waals surface area contributed by atoms with E-state index in [1.165, 1.54) is 24.9 Å². The van der Waals surface area contributed by atoms with Crippen molar-refractivity contribution in [1.29, 1.82) is 0 Å². The molecule has 2 aliphatic rings. The Kier molecular flexibility index (Phi) is 3.27. The highest BCUT2D eigenvalue weighted by molar-refractivity contribution is 5.51. The van der Waals surface area contributed by atoms with Gasteiger partial charge < -0.3 is 10.1 Å². The lowest BCUT2D eigenvalue weighted by molar-refractivity contribution is -0.0416. The second-order valence-electron chi connectivity index (χ2n) is 6.08. The second-order valence-corrected chi connectivity index (χ2v) is 6.08. The van der Waals surface area contributed by atoms with Gasteiger partial charge >= 0.3 is 0 Å². The monoisotopic (exact) mass is 287 g/mol. The molecule has 4 heterocycles. The normalized spacial score (nSPS) is 26.1.